The van der Waals surface area contributed by atoms with Gasteiger partial charge in [-0.15, -0.1) is 11.3 Å². The molecule has 1 aromatic rings. The monoisotopic (exact) mass is 233 g/mol. The van der Waals surface area contributed by atoms with E-state index in [2.05, 4.69) is 12.2 Å². The Morgan fingerprint density at radius 2 is 2.31 bits per heavy atom. The molecule has 1 aromatic heterocycles. The van der Waals surface area contributed by atoms with Crippen molar-refractivity contribution in [3.8, 4) is 0 Å². The summed E-state index contributed by atoms with van der Waals surface area (Å²) in [5.41, 5.74) is 0. The molecule has 0 spiro atoms. The molecule has 2 aliphatic carbocycles. The normalized spacial score (nSPS) is 30.9. The first-order valence-electron chi connectivity index (χ1n) is 5.74. The molecule has 0 N–H and O–H groups in total. The van der Waals surface area contributed by atoms with Gasteiger partial charge in [-0.3, -0.25) is 4.79 Å². The molecule has 0 aromatic carbocycles. The predicted molar refractivity (Wildman–Crippen MR) is 65.6 cm³/mol. The van der Waals surface area contributed by atoms with Crippen molar-refractivity contribution < 1.29 is 4.79 Å². The minimum absolute atomic E-state index is 0.181. The van der Waals surface area contributed by atoms with Crippen LogP contribution in [0.2, 0.25) is 0 Å². The highest BCUT2D eigenvalue weighted by Crippen LogP contribution is 2.41. The highest BCUT2D eigenvalue weighted by Gasteiger charge is 2.39. The van der Waals surface area contributed by atoms with E-state index in [9.17, 15) is 4.79 Å². The number of carbonyl (C=O) groups excluding carboxylic acids is 1. The molecule has 3 heteroatoms. The lowest BCUT2D eigenvalue weighted by atomic mass is 10.0. The van der Waals surface area contributed by atoms with Crippen LogP contribution in [0.4, 0.5) is 0 Å². The first-order chi connectivity index (χ1) is 7.75. The second-order valence-electron chi connectivity index (χ2n) is 4.74. The summed E-state index contributed by atoms with van der Waals surface area (Å²) in [6, 6.07) is 4.27. The molecule has 0 aliphatic heterocycles. The van der Waals surface area contributed by atoms with Crippen molar-refractivity contribution >= 4 is 17.2 Å². The number of thiophene rings is 1. The van der Waals surface area contributed by atoms with Crippen molar-refractivity contribution in [2.75, 3.05) is 7.05 Å². The lowest BCUT2D eigenvalue weighted by Gasteiger charge is -2.29. The fraction of sp³-hybridized carbons (Fsp3) is 0.462. The first-order valence-corrected chi connectivity index (χ1v) is 6.62. The van der Waals surface area contributed by atoms with Gasteiger partial charge in [0.15, 0.2) is 0 Å². The minimum atomic E-state index is 0.181. The van der Waals surface area contributed by atoms with Crippen LogP contribution >= 0.6 is 11.3 Å². The molecule has 2 aliphatic rings. The molecule has 2 bridgehead atoms. The van der Waals surface area contributed by atoms with Crippen LogP contribution in [0.1, 0.15) is 22.5 Å². The van der Waals surface area contributed by atoms with E-state index in [-0.39, 0.29) is 5.91 Å². The second kappa shape index (κ2) is 3.74. The highest BCUT2D eigenvalue weighted by atomic mass is 32.1. The predicted octanol–water partition coefficient (Wildman–Crippen LogP) is 2.78. The van der Waals surface area contributed by atoms with E-state index >= 15 is 0 Å². The van der Waals surface area contributed by atoms with Gasteiger partial charge in [-0.2, -0.15) is 0 Å². The van der Waals surface area contributed by atoms with Crippen LogP contribution in [-0.4, -0.2) is 23.9 Å². The maximum absolute atomic E-state index is 12.2. The van der Waals surface area contributed by atoms with Crippen molar-refractivity contribution in [3.05, 3.63) is 34.5 Å². The Bertz CT molecular complexity index is 423. The summed E-state index contributed by atoms with van der Waals surface area (Å²) in [6.07, 6.45) is 6.99. The van der Waals surface area contributed by atoms with Crippen molar-refractivity contribution in [3.63, 3.8) is 0 Å². The number of hydrogen-bond donors (Lipinski definition) is 0. The Balaban J connectivity index is 1.76. The number of carbonyl (C=O) groups is 1. The summed E-state index contributed by atoms with van der Waals surface area (Å²) >= 11 is 1.53. The zero-order valence-corrected chi connectivity index (χ0v) is 10.1. The lowest BCUT2D eigenvalue weighted by Crippen LogP contribution is -2.39. The third-order valence-electron chi connectivity index (χ3n) is 3.79. The van der Waals surface area contributed by atoms with Crippen LogP contribution in [0.5, 0.6) is 0 Å². The fourth-order valence-electron chi connectivity index (χ4n) is 2.92. The van der Waals surface area contributed by atoms with Crippen LogP contribution in [-0.2, 0) is 0 Å². The molecule has 0 radical (unpaired) electrons. The quantitative estimate of drug-likeness (QED) is 0.719. The van der Waals surface area contributed by atoms with E-state index in [4.69, 9.17) is 0 Å². The summed E-state index contributed by atoms with van der Waals surface area (Å²) in [7, 11) is 1.95. The largest absolute Gasteiger partial charge is 0.337 e. The smallest absolute Gasteiger partial charge is 0.263 e. The third kappa shape index (κ3) is 1.50. The molecule has 84 valence electrons. The summed E-state index contributed by atoms with van der Waals surface area (Å²) in [5, 5.41) is 1.96. The van der Waals surface area contributed by atoms with E-state index < -0.39 is 0 Å². The molecular weight excluding hydrogens is 218 g/mol. The Kier molecular flexibility index (Phi) is 2.36. The molecule has 1 amide bonds. The van der Waals surface area contributed by atoms with Crippen molar-refractivity contribution in [2.24, 2.45) is 11.8 Å². The summed E-state index contributed by atoms with van der Waals surface area (Å²) < 4.78 is 0. The van der Waals surface area contributed by atoms with Gasteiger partial charge in [-0.25, -0.2) is 0 Å². The van der Waals surface area contributed by atoms with E-state index in [1.54, 1.807) is 0 Å². The van der Waals surface area contributed by atoms with Crippen LogP contribution in [0.25, 0.3) is 0 Å². The van der Waals surface area contributed by atoms with Crippen molar-refractivity contribution in [2.45, 2.75) is 18.9 Å². The molecule has 3 atom stereocenters. The van der Waals surface area contributed by atoms with Gasteiger partial charge in [0.05, 0.1) is 4.88 Å². The Labute approximate surface area is 99.6 Å². The number of hydrogen-bond acceptors (Lipinski definition) is 2. The van der Waals surface area contributed by atoms with E-state index in [1.807, 2.05) is 29.5 Å². The maximum atomic E-state index is 12.2. The first kappa shape index (κ1) is 10.1. The van der Waals surface area contributed by atoms with Gasteiger partial charge < -0.3 is 4.90 Å². The summed E-state index contributed by atoms with van der Waals surface area (Å²) in [6.45, 7) is 0. The molecule has 3 rings (SSSR count). The van der Waals surface area contributed by atoms with Gasteiger partial charge in [0.2, 0.25) is 0 Å². The zero-order valence-electron chi connectivity index (χ0n) is 9.30. The van der Waals surface area contributed by atoms with E-state index in [1.165, 1.54) is 17.8 Å². The standard InChI is InChI=1S/C13H15NOS/c1-14(13(15)12-3-2-6-16-12)11-8-9-4-5-10(11)7-9/h2-6,9-11H,7-8H2,1H3/t9-,10-,11+/m1/s1. The van der Waals surface area contributed by atoms with E-state index in [0.29, 0.717) is 17.9 Å². The van der Waals surface area contributed by atoms with Crippen LogP contribution in [0.3, 0.4) is 0 Å². The third-order valence-corrected chi connectivity index (χ3v) is 4.65. The molecule has 1 heterocycles. The number of amides is 1. The van der Waals surface area contributed by atoms with Crippen molar-refractivity contribution in [1.82, 2.24) is 4.90 Å². The molecule has 2 nitrogen and oxygen atoms in total. The van der Waals surface area contributed by atoms with Gasteiger partial charge >= 0.3 is 0 Å². The lowest BCUT2D eigenvalue weighted by molar-refractivity contribution is 0.0714. The topological polar surface area (TPSA) is 20.3 Å². The molecular formula is C13H15NOS. The molecule has 0 unspecified atom stereocenters. The van der Waals surface area contributed by atoms with Gasteiger partial charge in [0.1, 0.15) is 0 Å². The van der Waals surface area contributed by atoms with Crippen LogP contribution in [0, 0.1) is 11.8 Å². The molecule has 16 heavy (non-hydrogen) atoms. The average molecular weight is 233 g/mol. The van der Waals surface area contributed by atoms with Crippen molar-refractivity contribution in [1.29, 1.82) is 0 Å². The van der Waals surface area contributed by atoms with E-state index in [0.717, 1.165) is 11.3 Å². The van der Waals surface area contributed by atoms with Crippen LogP contribution in [0.15, 0.2) is 29.7 Å². The SMILES string of the molecule is CN(C(=O)c1cccs1)[C@H]1C[C@@H]2C=C[C@@H]1C2. The molecule has 1 saturated carbocycles. The number of nitrogens with zero attached hydrogens (tertiary/aromatic N) is 1. The molecule has 1 fully saturated rings. The number of allylic oxidation sites excluding steroid dienone is 1. The number of rotatable bonds is 2. The van der Waals surface area contributed by atoms with Gasteiger partial charge in [-0.05, 0) is 36.1 Å². The Hall–Kier alpha value is -1.09. The Morgan fingerprint density at radius 1 is 1.44 bits per heavy atom. The summed E-state index contributed by atoms with van der Waals surface area (Å²) in [4.78, 5) is 15.0. The fourth-order valence-corrected chi connectivity index (χ4v) is 3.63. The zero-order chi connectivity index (χ0) is 11.1. The molecule has 0 saturated heterocycles. The number of fused-ring (bicyclic) bond motifs is 2. The van der Waals surface area contributed by atoms with Gasteiger partial charge in [0, 0.05) is 13.1 Å². The second-order valence-corrected chi connectivity index (χ2v) is 5.69. The van der Waals surface area contributed by atoms with Gasteiger partial charge in [0.25, 0.3) is 5.91 Å². The summed E-state index contributed by atoms with van der Waals surface area (Å²) in [5.74, 6) is 1.49. The van der Waals surface area contributed by atoms with Crippen LogP contribution < -0.4 is 0 Å². The minimum Gasteiger partial charge on any atom is -0.337 e. The maximum Gasteiger partial charge on any atom is 0.263 e. The van der Waals surface area contributed by atoms with Gasteiger partial charge in [-0.1, -0.05) is 18.2 Å². The average Bonchev–Trinajstić information content (AvgIpc) is 3.02. The highest BCUT2D eigenvalue weighted by molar-refractivity contribution is 7.12. The Morgan fingerprint density at radius 3 is 2.88 bits per heavy atom.